The van der Waals surface area contributed by atoms with E-state index in [-0.39, 0.29) is 18.0 Å². The van der Waals surface area contributed by atoms with Crippen LogP contribution in [0.1, 0.15) is 52.0 Å². The molecular formula is C24H27ClN6O2. The molecule has 2 aromatic carbocycles. The number of aromatic nitrogens is 3. The van der Waals surface area contributed by atoms with Gasteiger partial charge in [-0.25, -0.2) is 4.79 Å². The van der Waals surface area contributed by atoms with Crippen LogP contribution in [-0.4, -0.2) is 45.2 Å². The lowest BCUT2D eigenvalue weighted by atomic mass is 10.1. The first-order valence-corrected chi connectivity index (χ1v) is 11.3. The van der Waals surface area contributed by atoms with E-state index in [4.69, 9.17) is 11.6 Å². The van der Waals surface area contributed by atoms with Gasteiger partial charge in [0, 0.05) is 29.9 Å². The van der Waals surface area contributed by atoms with Crippen LogP contribution in [0.3, 0.4) is 0 Å². The van der Waals surface area contributed by atoms with Crippen LogP contribution in [0.5, 0.6) is 0 Å². The number of halogens is 1. The minimum Gasteiger partial charge on any atom is -0.355 e. The molecule has 4 rings (SSSR count). The van der Waals surface area contributed by atoms with Gasteiger partial charge in [-0.1, -0.05) is 29.8 Å². The van der Waals surface area contributed by atoms with Crippen molar-refractivity contribution in [3.8, 4) is 0 Å². The molecular weight excluding hydrogens is 440 g/mol. The fraction of sp³-hybridized carbons (Fsp3) is 0.333. The summed E-state index contributed by atoms with van der Waals surface area (Å²) in [6.45, 7) is 5.04. The number of carbonyl (C=O) groups is 2. The summed E-state index contributed by atoms with van der Waals surface area (Å²) in [6, 6.07) is 12.6. The molecule has 0 aliphatic carbocycles. The Balaban J connectivity index is 1.56. The van der Waals surface area contributed by atoms with Gasteiger partial charge in [0.2, 0.25) is 0 Å². The number of amides is 3. The summed E-state index contributed by atoms with van der Waals surface area (Å²) in [6.07, 6.45) is 1.69. The zero-order chi connectivity index (χ0) is 23.5. The number of hydrogen-bond acceptors (Lipinski definition) is 4. The Hall–Kier alpha value is -3.39. The number of urea groups is 1. The molecule has 1 atom stereocenters. The standard InChI is InChI=1S/C24H27ClN6O2/c1-15-6-9-18(23(32)26-3)13-20(15)27-24(33)30-12-4-5-21(30)22-29-28-16(2)31(22)14-17-7-10-19(25)11-8-17/h6-11,13,21H,4-5,12,14H2,1-3H3,(H,26,32)(H,27,33)/t21-/m1/s1. The quantitative estimate of drug-likeness (QED) is 0.585. The molecule has 1 aliphatic rings. The SMILES string of the molecule is CNC(=O)c1ccc(C)c(NC(=O)N2CCC[C@@H]2c2nnc(C)n2Cc2ccc(Cl)cc2)c1. The van der Waals surface area contributed by atoms with Gasteiger partial charge in [0.05, 0.1) is 12.6 Å². The van der Waals surface area contributed by atoms with Gasteiger partial charge in [-0.05, 0) is 62.1 Å². The van der Waals surface area contributed by atoms with Crippen molar-refractivity contribution in [2.24, 2.45) is 0 Å². The number of nitrogens with one attached hydrogen (secondary N) is 2. The van der Waals surface area contributed by atoms with Crippen molar-refractivity contribution >= 4 is 29.2 Å². The predicted molar refractivity (Wildman–Crippen MR) is 128 cm³/mol. The lowest BCUT2D eigenvalue weighted by Gasteiger charge is -2.25. The molecule has 8 nitrogen and oxygen atoms in total. The van der Waals surface area contributed by atoms with Crippen LogP contribution < -0.4 is 10.6 Å². The first kappa shape index (κ1) is 22.8. The van der Waals surface area contributed by atoms with Crippen molar-refractivity contribution < 1.29 is 9.59 Å². The summed E-state index contributed by atoms with van der Waals surface area (Å²) < 4.78 is 2.05. The van der Waals surface area contributed by atoms with E-state index in [0.29, 0.717) is 29.4 Å². The lowest BCUT2D eigenvalue weighted by Crippen LogP contribution is -2.36. The zero-order valence-electron chi connectivity index (χ0n) is 18.9. The Morgan fingerprint density at radius 1 is 1.12 bits per heavy atom. The summed E-state index contributed by atoms with van der Waals surface area (Å²) in [5, 5.41) is 15.0. The van der Waals surface area contributed by atoms with Crippen LogP contribution in [-0.2, 0) is 6.54 Å². The van der Waals surface area contributed by atoms with Crippen LogP contribution in [0.2, 0.25) is 5.02 Å². The molecule has 172 valence electrons. The fourth-order valence-electron chi connectivity index (χ4n) is 4.12. The van der Waals surface area contributed by atoms with Crippen molar-refractivity contribution in [1.82, 2.24) is 25.0 Å². The average molecular weight is 467 g/mol. The van der Waals surface area contributed by atoms with Gasteiger partial charge in [0.15, 0.2) is 5.82 Å². The number of hydrogen-bond donors (Lipinski definition) is 2. The van der Waals surface area contributed by atoms with Gasteiger partial charge < -0.3 is 20.1 Å². The molecule has 0 bridgehead atoms. The molecule has 1 aromatic heterocycles. The molecule has 3 aromatic rings. The summed E-state index contributed by atoms with van der Waals surface area (Å²) in [4.78, 5) is 27.1. The third-order valence-electron chi connectivity index (χ3n) is 6.00. The van der Waals surface area contributed by atoms with Crippen LogP contribution in [0, 0.1) is 13.8 Å². The van der Waals surface area contributed by atoms with Crippen LogP contribution in [0.15, 0.2) is 42.5 Å². The molecule has 2 heterocycles. The summed E-state index contributed by atoms with van der Waals surface area (Å²) in [5.41, 5.74) is 3.08. The summed E-state index contributed by atoms with van der Waals surface area (Å²) in [5.74, 6) is 1.36. The molecule has 0 saturated carbocycles. The van der Waals surface area contributed by atoms with Gasteiger partial charge in [-0.2, -0.15) is 0 Å². The van der Waals surface area contributed by atoms with Gasteiger partial charge in [-0.15, -0.1) is 10.2 Å². The maximum atomic E-state index is 13.3. The van der Waals surface area contributed by atoms with Crippen LogP contribution in [0.4, 0.5) is 10.5 Å². The van der Waals surface area contributed by atoms with E-state index < -0.39 is 0 Å². The van der Waals surface area contributed by atoms with Crippen LogP contribution >= 0.6 is 11.6 Å². The molecule has 33 heavy (non-hydrogen) atoms. The van der Waals surface area contributed by atoms with E-state index in [1.165, 1.54) is 0 Å². The monoisotopic (exact) mass is 466 g/mol. The first-order valence-electron chi connectivity index (χ1n) is 10.9. The zero-order valence-corrected chi connectivity index (χ0v) is 19.7. The van der Waals surface area contributed by atoms with Gasteiger partial charge >= 0.3 is 6.03 Å². The number of likely N-dealkylation sites (tertiary alicyclic amines) is 1. The third-order valence-corrected chi connectivity index (χ3v) is 6.25. The number of rotatable bonds is 5. The molecule has 1 saturated heterocycles. The molecule has 1 aliphatic heterocycles. The Morgan fingerprint density at radius 3 is 2.61 bits per heavy atom. The highest BCUT2D eigenvalue weighted by molar-refractivity contribution is 6.30. The van der Waals surface area contributed by atoms with Gasteiger partial charge in [0.1, 0.15) is 5.82 Å². The van der Waals surface area contributed by atoms with E-state index in [2.05, 4.69) is 25.4 Å². The lowest BCUT2D eigenvalue weighted by molar-refractivity contribution is 0.0963. The minimum atomic E-state index is -0.214. The number of benzene rings is 2. The van der Waals surface area contributed by atoms with Crippen molar-refractivity contribution in [3.63, 3.8) is 0 Å². The van der Waals surface area contributed by atoms with Crippen molar-refractivity contribution in [1.29, 1.82) is 0 Å². The number of anilines is 1. The maximum Gasteiger partial charge on any atom is 0.322 e. The third kappa shape index (κ3) is 4.85. The smallest absolute Gasteiger partial charge is 0.322 e. The normalized spacial score (nSPS) is 15.5. The number of carbonyl (C=O) groups excluding carboxylic acids is 2. The summed E-state index contributed by atoms with van der Waals surface area (Å²) >= 11 is 6.02. The molecule has 2 N–H and O–H groups in total. The van der Waals surface area contributed by atoms with Crippen molar-refractivity contribution in [2.45, 2.75) is 39.3 Å². The second kappa shape index (κ2) is 9.62. The Morgan fingerprint density at radius 2 is 1.88 bits per heavy atom. The van der Waals surface area contributed by atoms with E-state index in [1.807, 2.05) is 44.2 Å². The molecule has 0 unspecified atom stereocenters. The molecule has 9 heteroatoms. The topological polar surface area (TPSA) is 92.2 Å². The Labute approximate surface area is 198 Å². The number of aryl methyl sites for hydroxylation is 2. The fourth-order valence-corrected chi connectivity index (χ4v) is 4.25. The van der Waals surface area contributed by atoms with Crippen molar-refractivity contribution in [3.05, 3.63) is 75.8 Å². The predicted octanol–water partition coefficient (Wildman–Crippen LogP) is 4.33. The minimum absolute atomic E-state index is 0.180. The van der Waals surface area contributed by atoms with Crippen LogP contribution in [0.25, 0.3) is 0 Å². The molecule has 1 fully saturated rings. The van der Waals surface area contributed by atoms with E-state index in [1.54, 1.807) is 24.1 Å². The van der Waals surface area contributed by atoms with E-state index >= 15 is 0 Å². The highest BCUT2D eigenvalue weighted by atomic mass is 35.5. The Kier molecular flexibility index (Phi) is 6.65. The molecule has 0 spiro atoms. The van der Waals surface area contributed by atoms with E-state index in [9.17, 15) is 9.59 Å². The highest BCUT2D eigenvalue weighted by Gasteiger charge is 2.34. The largest absolute Gasteiger partial charge is 0.355 e. The van der Waals surface area contributed by atoms with Gasteiger partial charge in [0.25, 0.3) is 5.91 Å². The van der Waals surface area contributed by atoms with E-state index in [0.717, 1.165) is 35.6 Å². The summed E-state index contributed by atoms with van der Waals surface area (Å²) in [7, 11) is 1.58. The highest BCUT2D eigenvalue weighted by Crippen LogP contribution is 2.32. The first-order chi connectivity index (χ1) is 15.9. The second-order valence-corrected chi connectivity index (χ2v) is 8.64. The Bertz CT molecular complexity index is 1170. The van der Waals surface area contributed by atoms with Crippen molar-refractivity contribution in [2.75, 3.05) is 18.9 Å². The molecule has 3 amide bonds. The van der Waals surface area contributed by atoms with Gasteiger partial charge in [-0.3, -0.25) is 4.79 Å². The maximum absolute atomic E-state index is 13.3. The molecule has 0 radical (unpaired) electrons. The average Bonchev–Trinajstić information content (AvgIpc) is 3.43. The second-order valence-electron chi connectivity index (χ2n) is 8.21. The number of nitrogens with zero attached hydrogens (tertiary/aromatic N) is 4.